The summed E-state index contributed by atoms with van der Waals surface area (Å²) < 4.78 is 0. The average molecular weight is 147 g/mol. The summed E-state index contributed by atoms with van der Waals surface area (Å²) in [6.07, 6.45) is -2.60. The molecule has 10 heavy (non-hydrogen) atoms. The van der Waals surface area contributed by atoms with Crippen LogP contribution in [0.2, 0.25) is 0 Å². The summed E-state index contributed by atoms with van der Waals surface area (Å²) in [5.41, 5.74) is 0. The lowest BCUT2D eigenvalue weighted by molar-refractivity contribution is -0.104. The first kappa shape index (κ1) is 7.94. The molecule has 1 heterocycles. The minimum absolute atomic E-state index is 0.429. The zero-order valence-corrected chi connectivity index (χ0v) is 5.94. The van der Waals surface area contributed by atoms with Crippen molar-refractivity contribution in [2.45, 2.75) is 18.3 Å². The monoisotopic (exact) mass is 147 g/mol. The van der Waals surface area contributed by atoms with Gasteiger partial charge in [0.1, 0.15) is 6.10 Å². The van der Waals surface area contributed by atoms with E-state index in [1.807, 2.05) is 0 Å². The van der Waals surface area contributed by atoms with Crippen LogP contribution in [0.25, 0.3) is 0 Å². The Morgan fingerprint density at radius 1 is 1.10 bits per heavy atom. The molecule has 0 amide bonds. The molecule has 0 spiro atoms. The quantitative estimate of drug-likeness (QED) is 0.371. The van der Waals surface area contributed by atoms with Gasteiger partial charge in [-0.2, -0.15) is 0 Å². The Hall–Kier alpha value is -0.160. The van der Waals surface area contributed by atoms with Crippen molar-refractivity contribution in [1.82, 2.24) is 4.90 Å². The largest absolute Gasteiger partial charge is 0.389 e. The Kier molecular flexibility index (Phi) is 2.25. The predicted molar refractivity (Wildman–Crippen MR) is 35.5 cm³/mol. The third-order valence-electron chi connectivity index (χ3n) is 1.79. The van der Waals surface area contributed by atoms with Gasteiger partial charge in [-0.05, 0) is 7.05 Å². The third-order valence-corrected chi connectivity index (χ3v) is 1.79. The summed E-state index contributed by atoms with van der Waals surface area (Å²) in [5.74, 6) is 0. The minimum Gasteiger partial charge on any atom is -0.389 e. The molecule has 3 N–H and O–H groups in total. The predicted octanol–water partition coefficient (Wildman–Crippen LogP) is -1.99. The van der Waals surface area contributed by atoms with Crippen molar-refractivity contribution < 1.29 is 15.3 Å². The van der Waals surface area contributed by atoms with Gasteiger partial charge in [0.25, 0.3) is 0 Å². The van der Waals surface area contributed by atoms with Gasteiger partial charge in [0.2, 0.25) is 0 Å². The van der Waals surface area contributed by atoms with Crippen LogP contribution in [0.1, 0.15) is 0 Å². The minimum atomic E-state index is -0.976. The maximum atomic E-state index is 9.07. The summed E-state index contributed by atoms with van der Waals surface area (Å²) in [7, 11) is 1.79. The molecule has 0 saturated carbocycles. The van der Waals surface area contributed by atoms with Crippen LogP contribution in [0, 0.1) is 0 Å². The number of rotatable bonds is 0. The first-order valence-corrected chi connectivity index (χ1v) is 3.34. The molecule has 1 saturated heterocycles. The first-order chi connectivity index (χ1) is 4.61. The van der Waals surface area contributed by atoms with Crippen LogP contribution in [0.5, 0.6) is 0 Å². The van der Waals surface area contributed by atoms with Gasteiger partial charge in [-0.3, -0.25) is 0 Å². The van der Waals surface area contributed by atoms with E-state index in [0.717, 1.165) is 0 Å². The van der Waals surface area contributed by atoms with E-state index in [1.165, 1.54) is 0 Å². The van der Waals surface area contributed by atoms with Crippen molar-refractivity contribution in [1.29, 1.82) is 0 Å². The molecule has 0 bridgehead atoms. The molecule has 0 aromatic carbocycles. The lowest BCUT2D eigenvalue weighted by Gasteiger charge is -2.34. The number of piperidine rings is 1. The smallest absolute Gasteiger partial charge is 0.108 e. The molecule has 1 aliphatic rings. The van der Waals surface area contributed by atoms with Gasteiger partial charge in [0.05, 0.1) is 12.2 Å². The number of nitrogens with zero attached hydrogens (tertiary/aromatic N) is 1. The fraction of sp³-hybridized carbons (Fsp3) is 1.00. The van der Waals surface area contributed by atoms with Crippen molar-refractivity contribution in [3.05, 3.63) is 0 Å². The van der Waals surface area contributed by atoms with Gasteiger partial charge < -0.3 is 20.2 Å². The molecular formula is C6H13NO3. The standard InChI is InChI=1S/C6H13NO3/c1-7-2-4(8)6(10)5(9)3-7/h4-6,8-10H,2-3H2,1H3. The summed E-state index contributed by atoms with van der Waals surface area (Å²) in [6, 6.07) is 0. The highest BCUT2D eigenvalue weighted by atomic mass is 16.4. The van der Waals surface area contributed by atoms with Gasteiger partial charge >= 0.3 is 0 Å². The summed E-state index contributed by atoms with van der Waals surface area (Å²) >= 11 is 0. The summed E-state index contributed by atoms with van der Waals surface area (Å²) in [6.45, 7) is 0.858. The molecule has 4 nitrogen and oxygen atoms in total. The number of hydrogen-bond donors (Lipinski definition) is 3. The van der Waals surface area contributed by atoms with E-state index in [4.69, 9.17) is 15.3 Å². The second-order valence-electron chi connectivity index (χ2n) is 2.85. The van der Waals surface area contributed by atoms with E-state index < -0.39 is 18.3 Å². The lowest BCUT2D eigenvalue weighted by Crippen LogP contribution is -2.53. The van der Waals surface area contributed by atoms with Gasteiger partial charge in [0, 0.05) is 13.1 Å². The Morgan fingerprint density at radius 2 is 1.50 bits per heavy atom. The molecule has 2 unspecified atom stereocenters. The zero-order valence-electron chi connectivity index (χ0n) is 5.94. The molecule has 0 aromatic heterocycles. The fourth-order valence-electron chi connectivity index (χ4n) is 1.19. The SMILES string of the molecule is CN1CC(O)C(O)C(O)C1. The van der Waals surface area contributed by atoms with Crippen molar-refractivity contribution in [2.75, 3.05) is 20.1 Å². The van der Waals surface area contributed by atoms with Gasteiger partial charge in [-0.1, -0.05) is 0 Å². The number of β-amino-alcohol motifs (C(OH)–C–C–N with tert-alkyl or cyclic N) is 2. The Labute approximate surface area is 59.7 Å². The maximum absolute atomic E-state index is 9.07. The second kappa shape index (κ2) is 2.84. The van der Waals surface area contributed by atoms with Crippen LogP contribution in [-0.2, 0) is 0 Å². The van der Waals surface area contributed by atoms with Crippen molar-refractivity contribution in [3.8, 4) is 0 Å². The third kappa shape index (κ3) is 1.46. The average Bonchev–Trinajstić information content (AvgIpc) is 1.82. The zero-order chi connectivity index (χ0) is 7.72. The maximum Gasteiger partial charge on any atom is 0.108 e. The molecule has 0 radical (unpaired) electrons. The number of likely N-dealkylation sites (tertiary alicyclic amines) is 1. The van der Waals surface area contributed by atoms with Crippen molar-refractivity contribution in [2.24, 2.45) is 0 Å². The van der Waals surface area contributed by atoms with Crippen LogP contribution in [0.15, 0.2) is 0 Å². The molecule has 1 aliphatic heterocycles. The van der Waals surface area contributed by atoms with Crippen molar-refractivity contribution >= 4 is 0 Å². The number of aliphatic hydroxyl groups excluding tert-OH is 3. The normalized spacial score (nSPS) is 43.8. The first-order valence-electron chi connectivity index (χ1n) is 3.34. The highest BCUT2D eigenvalue weighted by molar-refractivity contribution is 4.84. The Balaban J connectivity index is 2.49. The Morgan fingerprint density at radius 3 is 1.90 bits per heavy atom. The number of likely N-dealkylation sites (N-methyl/N-ethyl adjacent to an activating group) is 1. The Bertz CT molecular complexity index is 108. The molecule has 1 rings (SSSR count). The molecule has 2 atom stereocenters. The topological polar surface area (TPSA) is 63.9 Å². The van der Waals surface area contributed by atoms with Gasteiger partial charge in [-0.25, -0.2) is 0 Å². The molecule has 4 heteroatoms. The molecule has 0 aromatic rings. The fourth-order valence-corrected chi connectivity index (χ4v) is 1.19. The van der Waals surface area contributed by atoms with E-state index in [2.05, 4.69) is 0 Å². The molecule has 60 valence electrons. The molecule has 1 fully saturated rings. The molecule has 0 aliphatic carbocycles. The van der Waals surface area contributed by atoms with E-state index in [-0.39, 0.29) is 0 Å². The number of hydrogen-bond acceptors (Lipinski definition) is 4. The van der Waals surface area contributed by atoms with Crippen LogP contribution in [0.3, 0.4) is 0 Å². The summed E-state index contributed by atoms with van der Waals surface area (Å²) in [4.78, 5) is 1.78. The van der Waals surface area contributed by atoms with E-state index >= 15 is 0 Å². The van der Waals surface area contributed by atoms with E-state index in [0.29, 0.717) is 13.1 Å². The lowest BCUT2D eigenvalue weighted by atomic mass is 10.0. The highest BCUT2D eigenvalue weighted by Crippen LogP contribution is 2.09. The van der Waals surface area contributed by atoms with Gasteiger partial charge in [0.15, 0.2) is 0 Å². The second-order valence-corrected chi connectivity index (χ2v) is 2.85. The van der Waals surface area contributed by atoms with Crippen LogP contribution in [-0.4, -0.2) is 58.7 Å². The van der Waals surface area contributed by atoms with Crippen LogP contribution < -0.4 is 0 Å². The van der Waals surface area contributed by atoms with E-state index in [1.54, 1.807) is 11.9 Å². The molecular weight excluding hydrogens is 134 g/mol. The number of aliphatic hydroxyl groups is 3. The highest BCUT2D eigenvalue weighted by Gasteiger charge is 2.31. The van der Waals surface area contributed by atoms with Crippen LogP contribution in [0.4, 0.5) is 0 Å². The van der Waals surface area contributed by atoms with E-state index in [9.17, 15) is 0 Å². The van der Waals surface area contributed by atoms with Gasteiger partial charge in [-0.15, -0.1) is 0 Å². The van der Waals surface area contributed by atoms with Crippen LogP contribution >= 0.6 is 0 Å². The van der Waals surface area contributed by atoms with Crippen molar-refractivity contribution in [3.63, 3.8) is 0 Å². The summed E-state index contributed by atoms with van der Waals surface area (Å²) in [5, 5.41) is 27.2.